The molecular formula is C21H19N3O2. The molecule has 0 bridgehead atoms. The van der Waals surface area contributed by atoms with E-state index < -0.39 is 0 Å². The molecule has 26 heavy (non-hydrogen) atoms. The minimum absolute atomic E-state index is 0.0501. The van der Waals surface area contributed by atoms with Gasteiger partial charge in [0, 0.05) is 16.9 Å². The van der Waals surface area contributed by atoms with Gasteiger partial charge in [0.2, 0.25) is 0 Å². The molecule has 130 valence electrons. The summed E-state index contributed by atoms with van der Waals surface area (Å²) in [5.74, 6) is -0.376. The molecule has 3 rings (SSSR count). The minimum atomic E-state index is -0.326. The molecule has 0 spiro atoms. The van der Waals surface area contributed by atoms with E-state index in [0.29, 0.717) is 16.9 Å². The van der Waals surface area contributed by atoms with Crippen molar-refractivity contribution in [3.05, 3.63) is 83.7 Å². The average Bonchev–Trinajstić information content (AvgIpc) is 2.64. The van der Waals surface area contributed by atoms with E-state index in [-0.39, 0.29) is 11.7 Å². The van der Waals surface area contributed by atoms with Crippen molar-refractivity contribution in [3.8, 4) is 0 Å². The molecule has 0 aliphatic carbocycles. The van der Waals surface area contributed by atoms with E-state index in [9.17, 15) is 9.59 Å². The Morgan fingerprint density at radius 2 is 1.73 bits per heavy atom. The number of hydrogen-bond acceptors (Lipinski definition) is 4. The molecule has 5 nitrogen and oxygen atoms in total. The summed E-state index contributed by atoms with van der Waals surface area (Å²) in [4.78, 5) is 28.0. The highest BCUT2D eigenvalue weighted by Crippen LogP contribution is 2.20. The van der Waals surface area contributed by atoms with Gasteiger partial charge in [-0.3, -0.25) is 9.59 Å². The number of aryl methyl sites for hydroxylation is 1. The zero-order valence-electron chi connectivity index (χ0n) is 14.6. The van der Waals surface area contributed by atoms with Gasteiger partial charge in [0.1, 0.15) is 5.69 Å². The van der Waals surface area contributed by atoms with Crippen LogP contribution >= 0.6 is 0 Å². The number of ketones is 1. The topological polar surface area (TPSA) is 71.1 Å². The molecule has 0 saturated carbocycles. The summed E-state index contributed by atoms with van der Waals surface area (Å²) >= 11 is 0. The van der Waals surface area contributed by atoms with E-state index in [4.69, 9.17) is 0 Å². The Hall–Kier alpha value is -3.47. The molecule has 1 heterocycles. The molecular weight excluding hydrogens is 326 g/mol. The Morgan fingerprint density at radius 1 is 0.923 bits per heavy atom. The van der Waals surface area contributed by atoms with Crippen molar-refractivity contribution >= 4 is 28.8 Å². The van der Waals surface area contributed by atoms with Crippen LogP contribution in [0.1, 0.15) is 33.3 Å². The van der Waals surface area contributed by atoms with E-state index >= 15 is 0 Å². The van der Waals surface area contributed by atoms with Crippen LogP contribution in [0, 0.1) is 6.92 Å². The second-order valence-corrected chi connectivity index (χ2v) is 5.96. The Balaban J connectivity index is 1.70. The standard InChI is InChI=1S/C21H19N3O2/c1-14-6-3-4-9-19(14)23-18-10-11-20(22-13-18)21(26)24-17-8-5-7-16(12-17)15(2)25/h3-13,23H,1-2H3,(H,24,26). The number of rotatable bonds is 5. The maximum Gasteiger partial charge on any atom is 0.274 e. The molecule has 0 atom stereocenters. The molecule has 0 aliphatic rings. The maximum atomic E-state index is 12.3. The molecule has 5 heteroatoms. The van der Waals surface area contributed by atoms with Crippen molar-refractivity contribution < 1.29 is 9.59 Å². The third-order valence-electron chi connectivity index (χ3n) is 3.95. The third-order valence-corrected chi connectivity index (χ3v) is 3.95. The van der Waals surface area contributed by atoms with Gasteiger partial charge in [-0.25, -0.2) is 4.98 Å². The molecule has 2 aromatic carbocycles. The van der Waals surface area contributed by atoms with Crippen molar-refractivity contribution in [2.45, 2.75) is 13.8 Å². The van der Waals surface area contributed by atoms with E-state index in [1.165, 1.54) is 6.92 Å². The fraction of sp³-hybridized carbons (Fsp3) is 0.0952. The number of pyridine rings is 1. The van der Waals surface area contributed by atoms with Crippen LogP contribution in [0.5, 0.6) is 0 Å². The van der Waals surface area contributed by atoms with Crippen molar-refractivity contribution in [2.75, 3.05) is 10.6 Å². The van der Waals surface area contributed by atoms with E-state index in [2.05, 4.69) is 15.6 Å². The lowest BCUT2D eigenvalue weighted by Gasteiger charge is -2.10. The number of benzene rings is 2. The lowest BCUT2D eigenvalue weighted by atomic mass is 10.1. The van der Waals surface area contributed by atoms with Crippen molar-refractivity contribution in [2.24, 2.45) is 0 Å². The van der Waals surface area contributed by atoms with Gasteiger partial charge in [-0.15, -0.1) is 0 Å². The smallest absolute Gasteiger partial charge is 0.274 e. The lowest BCUT2D eigenvalue weighted by Crippen LogP contribution is -2.14. The Labute approximate surface area is 152 Å². The van der Waals surface area contributed by atoms with Crippen molar-refractivity contribution in [3.63, 3.8) is 0 Å². The molecule has 0 aliphatic heterocycles. The van der Waals surface area contributed by atoms with Crippen LogP contribution in [0.2, 0.25) is 0 Å². The minimum Gasteiger partial charge on any atom is -0.354 e. The van der Waals surface area contributed by atoms with Gasteiger partial charge in [-0.2, -0.15) is 0 Å². The summed E-state index contributed by atoms with van der Waals surface area (Å²) in [6, 6.07) is 18.2. The predicted molar refractivity (Wildman–Crippen MR) is 103 cm³/mol. The number of carbonyl (C=O) groups excluding carboxylic acids is 2. The first-order valence-corrected chi connectivity index (χ1v) is 8.24. The normalized spacial score (nSPS) is 10.2. The van der Waals surface area contributed by atoms with Crippen LogP contribution in [-0.4, -0.2) is 16.7 Å². The van der Waals surface area contributed by atoms with E-state index in [0.717, 1.165) is 16.9 Å². The zero-order valence-corrected chi connectivity index (χ0v) is 14.6. The van der Waals surface area contributed by atoms with Crippen LogP contribution in [0.3, 0.4) is 0 Å². The fourth-order valence-electron chi connectivity index (χ4n) is 2.48. The first-order chi connectivity index (χ1) is 12.5. The summed E-state index contributed by atoms with van der Waals surface area (Å²) in [7, 11) is 0. The number of amides is 1. The average molecular weight is 345 g/mol. The van der Waals surface area contributed by atoms with Crippen LogP contribution in [0.15, 0.2) is 66.9 Å². The monoisotopic (exact) mass is 345 g/mol. The summed E-state index contributed by atoms with van der Waals surface area (Å²) in [5, 5.41) is 6.03. The molecule has 3 aromatic rings. The summed E-state index contributed by atoms with van der Waals surface area (Å²) in [6.07, 6.45) is 1.62. The lowest BCUT2D eigenvalue weighted by molar-refractivity contribution is 0.100. The molecule has 0 radical (unpaired) electrons. The van der Waals surface area contributed by atoms with Crippen LogP contribution in [0.4, 0.5) is 17.1 Å². The highest BCUT2D eigenvalue weighted by atomic mass is 16.2. The molecule has 0 saturated heterocycles. The molecule has 0 fully saturated rings. The summed E-state index contributed by atoms with van der Waals surface area (Å²) in [5.41, 5.74) is 4.33. The molecule has 2 N–H and O–H groups in total. The number of Topliss-reactive ketones (excluding diaryl/α,β-unsaturated/α-hetero) is 1. The number of carbonyl (C=O) groups is 2. The van der Waals surface area contributed by atoms with Gasteiger partial charge >= 0.3 is 0 Å². The number of para-hydroxylation sites is 1. The van der Waals surface area contributed by atoms with Crippen molar-refractivity contribution in [1.82, 2.24) is 4.98 Å². The maximum absolute atomic E-state index is 12.3. The van der Waals surface area contributed by atoms with Gasteiger partial charge in [0.05, 0.1) is 11.9 Å². The Kier molecular flexibility index (Phi) is 5.08. The van der Waals surface area contributed by atoms with Crippen LogP contribution in [-0.2, 0) is 0 Å². The fourth-order valence-corrected chi connectivity index (χ4v) is 2.48. The number of nitrogens with one attached hydrogen (secondary N) is 2. The van der Waals surface area contributed by atoms with E-state index in [1.54, 1.807) is 42.6 Å². The largest absolute Gasteiger partial charge is 0.354 e. The van der Waals surface area contributed by atoms with Gasteiger partial charge in [-0.05, 0) is 49.7 Å². The number of nitrogens with zero attached hydrogens (tertiary/aromatic N) is 1. The first kappa shape index (κ1) is 17.4. The number of hydrogen-bond donors (Lipinski definition) is 2. The van der Waals surface area contributed by atoms with Gasteiger partial charge in [0.15, 0.2) is 5.78 Å². The second-order valence-electron chi connectivity index (χ2n) is 5.96. The predicted octanol–water partition coefficient (Wildman–Crippen LogP) is 4.59. The summed E-state index contributed by atoms with van der Waals surface area (Å²) in [6.45, 7) is 3.51. The second kappa shape index (κ2) is 7.61. The van der Waals surface area contributed by atoms with Gasteiger partial charge < -0.3 is 10.6 Å². The van der Waals surface area contributed by atoms with Gasteiger partial charge in [0.25, 0.3) is 5.91 Å². The number of anilines is 3. The van der Waals surface area contributed by atoms with Crippen LogP contribution in [0.25, 0.3) is 0 Å². The molecule has 1 aromatic heterocycles. The van der Waals surface area contributed by atoms with Crippen molar-refractivity contribution in [1.29, 1.82) is 0 Å². The quantitative estimate of drug-likeness (QED) is 0.664. The SMILES string of the molecule is CC(=O)c1cccc(NC(=O)c2ccc(Nc3ccccc3C)cn2)c1. The highest BCUT2D eigenvalue weighted by molar-refractivity contribution is 6.04. The van der Waals surface area contributed by atoms with E-state index in [1.807, 2.05) is 31.2 Å². The molecule has 1 amide bonds. The van der Waals surface area contributed by atoms with Gasteiger partial charge in [-0.1, -0.05) is 30.3 Å². The zero-order chi connectivity index (χ0) is 18.5. The Morgan fingerprint density at radius 3 is 2.42 bits per heavy atom. The highest BCUT2D eigenvalue weighted by Gasteiger charge is 2.09. The molecule has 0 unspecified atom stereocenters. The van der Waals surface area contributed by atoms with Crippen LogP contribution < -0.4 is 10.6 Å². The first-order valence-electron chi connectivity index (χ1n) is 8.24. The number of aromatic nitrogens is 1. The third kappa shape index (κ3) is 4.13. The Bertz CT molecular complexity index is 949. The summed E-state index contributed by atoms with van der Waals surface area (Å²) < 4.78 is 0.